The fourth-order valence-corrected chi connectivity index (χ4v) is 2.22. The van der Waals surface area contributed by atoms with E-state index in [4.69, 9.17) is 0 Å². The summed E-state index contributed by atoms with van der Waals surface area (Å²) >= 11 is 0.174. The summed E-state index contributed by atoms with van der Waals surface area (Å²) in [6, 6.07) is 6.11. The van der Waals surface area contributed by atoms with Gasteiger partial charge in [0, 0.05) is 0 Å². The minimum atomic E-state index is 0.174. The van der Waals surface area contributed by atoms with Crippen molar-refractivity contribution >= 4 is 37.5 Å². The number of nitrogens with zero attached hydrogens (tertiary/aromatic N) is 1. The Morgan fingerprint density at radius 1 is 1.54 bits per heavy atom. The molecule has 0 aliphatic rings. The van der Waals surface area contributed by atoms with E-state index in [9.17, 15) is 0 Å². The number of para-hydroxylation sites is 1. The van der Waals surface area contributed by atoms with Crippen LogP contribution in [0.1, 0.15) is 5.56 Å². The van der Waals surface area contributed by atoms with E-state index in [0.29, 0.717) is 0 Å². The van der Waals surface area contributed by atoms with Gasteiger partial charge in [0.05, 0.1) is 0 Å². The SMILES string of the molecule is C=Cc1cccc2[nH]c([As]C)nc12. The molecule has 0 bridgehead atoms. The molecule has 3 heteroatoms. The second kappa shape index (κ2) is 3.39. The van der Waals surface area contributed by atoms with E-state index in [0.717, 1.165) is 21.2 Å². The maximum atomic E-state index is 4.52. The molecule has 2 aromatic rings. The summed E-state index contributed by atoms with van der Waals surface area (Å²) in [5.74, 6) is 0. The zero-order valence-electron chi connectivity index (χ0n) is 7.41. The molecule has 0 aliphatic carbocycles. The van der Waals surface area contributed by atoms with Gasteiger partial charge in [0.15, 0.2) is 0 Å². The molecule has 0 unspecified atom stereocenters. The molecule has 0 atom stereocenters. The van der Waals surface area contributed by atoms with Crippen molar-refractivity contribution in [3.63, 3.8) is 0 Å². The Morgan fingerprint density at radius 2 is 2.38 bits per heavy atom. The first-order valence-corrected chi connectivity index (χ1v) is 6.87. The Kier molecular flexibility index (Phi) is 2.24. The Morgan fingerprint density at radius 3 is 3.08 bits per heavy atom. The van der Waals surface area contributed by atoms with E-state index >= 15 is 0 Å². The Bertz CT molecular complexity index is 445. The predicted octanol–water partition coefficient (Wildman–Crippen LogP) is 1.58. The zero-order chi connectivity index (χ0) is 9.26. The average Bonchev–Trinajstić information content (AvgIpc) is 2.59. The molecule has 1 aromatic carbocycles. The van der Waals surface area contributed by atoms with Crippen molar-refractivity contribution in [1.82, 2.24) is 9.97 Å². The van der Waals surface area contributed by atoms with Gasteiger partial charge in [-0.2, -0.15) is 0 Å². The zero-order valence-corrected chi connectivity index (χ0v) is 9.29. The number of aromatic amines is 1. The van der Waals surface area contributed by atoms with E-state index in [-0.39, 0.29) is 15.8 Å². The van der Waals surface area contributed by atoms with Gasteiger partial charge in [-0.25, -0.2) is 0 Å². The van der Waals surface area contributed by atoms with Gasteiger partial charge in [0.25, 0.3) is 0 Å². The molecular weight excluding hydrogens is 223 g/mol. The number of rotatable bonds is 2. The first kappa shape index (κ1) is 8.58. The number of benzene rings is 1. The Balaban J connectivity index is 2.74. The summed E-state index contributed by atoms with van der Waals surface area (Å²) in [5.41, 5.74) is 5.45. The third-order valence-corrected chi connectivity index (χ3v) is 3.30. The van der Waals surface area contributed by atoms with E-state index < -0.39 is 0 Å². The van der Waals surface area contributed by atoms with Gasteiger partial charge in [-0.15, -0.1) is 0 Å². The fourth-order valence-electron chi connectivity index (χ4n) is 1.31. The molecule has 1 N–H and O–H groups in total. The molecule has 0 amide bonds. The molecule has 2 rings (SSSR count). The van der Waals surface area contributed by atoms with Crippen molar-refractivity contribution in [3.8, 4) is 0 Å². The number of H-pyrrole nitrogens is 1. The first-order valence-electron chi connectivity index (χ1n) is 4.06. The molecular formula is C10H10AsN2. The van der Waals surface area contributed by atoms with Crippen LogP contribution in [0.2, 0.25) is 5.71 Å². The summed E-state index contributed by atoms with van der Waals surface area (Å²) in [7, 11) is 0. The van der Waals surface area contributed by atoms with Crippen LogP contribution < -0.4 is 4.61 Å². The van der Waals surface area contributed by atoms with Crippen molar-refractivity contribution in [3.05, 3.63) is 30.3 Å². The average molecular weight is 233 g/mol. The second-order valence-electron chi connectivity index (χ2n) is 2.73. The van der Waals surface area contributed by atoms with Crippen LogP contribution in [0.5, 0.6) is 0 Å². The summed E-state index contributed by atoms with van der Waals surface area (Å²) in [4.78, 5) is 7.82. The molecule has 65 valence electrons. The number of hydrogen-bond donors (Lipinski definition) is 1. The van der Waals surface area contributed by atoms with Crippen LogP contribution in [0.4, 0.5) is 0 Å². The molecule has 13 heavy (non-hydrogen) atoms. The molecule has 1 radical (unpaired) electrons. The van der Waals surface area contributed by atoms with Gasteiger partial charge in [-0.3, -0.25) is 0 Å². The molecule has 1 heterocycles. The number of hydrogen-bond acceptors (Lipinski definition) is 1. The van der Waals surface area contributed by atoms with Crippen LogP contribution in [0, 0.1) is 0 Å². The van der Waals surface area contributed by atoms with Crippen molar-refractivity contribution < 1.29 is 0 Å². The monoisotopic (exact) mass is 233 g/mol. The van der Waals surface area contributed by atoms with Crippen molar-refractivity contribution in [2.75, 3.05) is 0 Å². The molecule has 0 fully saturated rings. The molecule has 0 spiro atoms. The molecule has 0 aliphatic heterocycles. The van der Waals surface area contributed by atoms with Gasteiger partial charge in [0.2, 0.25) is 0 Å². The summed E-state index contributed by atoms with van der Waals surface area (Å²) in [6.07, 6.45) is 1.85. The molecule has 1 aromatic heterocycles. The normalized spacial score (nSPS) is 11.5. The van der Waals surface area contributed by atoms with Gasteiger partial charge >= 0.3 is 83.5 Å². The van der Waals surface area contributed by atoms with Gasteiger partial charge in [-0.05, 0) is 0 Å². The van der Waals surface area contributed by atoms with Crippen LogP contribution in [-0.4, -0.2) is 25.7 Å². The molecule has 0 saturated heterocycles. The van der Waals surface area contributed by atoms with E-state index in [1.165, 1.54) is 0 Å². The summed E-state index contributed by atoms with van der Waals surface area (Å²) in [5, 5.41) is 0. The van der Waals surface area contributed by atoms with Crippen LogP contribution >= 0.6 is 0 Å². The van der Waals surface area contributed by atoms with Crippen LogP contribution in [-0.2, 0) is 0 Å². The maximum absolute atomic E-state index is 4.52. The number of nitrogens with one attached hydrogen (secondary N) is 1. The van der Waals surface area contributed by atoms with Crippen molar-refractivity contribution in [1.29, 1.82) is 0 Å². The van der Waals surface area contributed by atoms with E-state index in [1.807, 2.05) is 18.2 Å². The van der Waals surface area contributed by atoms with Gasteiger partial charge in [0.1, 0.15) is 0 Å². The summed E-state index contributed by atoms with van der Waals surface area (Å²) < 4.78 is 1.13. The van der Waals surface area contributed by atoms with E-state index in [2.05, 4.69) is 28.3 Å². The topological polar surface area (TPSA) is 28.7 Å². The standard InChI is InChI=1S/C10H10AsN2/c1-3-7-5-4-6-8-9(7)13-10(11-2)12-8/h3-6H,1H2,2H3,(H,12,13). The number of fused-ring (bicyclic) bond motifs is 1. The van der Waals surface area contributed by atoms with Gasteiger partial charge < -0.3 is 0 Å². The van der Waals surface area contributed by atoms with Crippen LogP contribution in [0.25, 0.3) is 17.1 Å². The molecule has 2 nitrogen and oxygen atoms in total. The Labute approximate surface area is 83.8 Å². The quantitative estimate of drug-likeness (QED) is 0.784. The molecule has 0 saturated carbocycles. The van der Waals surface area contributed by atoms with Crippen LogP contribution in [0.15, 0.2) is 24.8 Å². The summed E-state index contributed by atoms with van der Waals surface area (Å²) in [6.45, 7) is 3.77. The van der Waals surface area contributed by atoms with Crippen molar-refractivity contribution in [2.45, 2.75) is 5.71 Å². The predicted molar refractivity (Wildman–Crippen MR) is 57.4 cm³/mol. The number of imidazole rings is 1. The third kappa shape index (κ3) is 1.42. The first-order chi connectivity index (χ1) is 6.35. The fraction of sp³-hybridized carbons (Fsp3) is 0.100. The Hall–Kier alpha value is -1.01. The number of aromatic nitrogens is 2. The minimum absolute atomic E-state index is 0.174. The van der Waals surface area contributed by atoms with Gasteiger partial charge in [-0.1, -0.05) is 0 Å². The van der Waals surface area contributed by atoms with Crippen molar-refractivity contribution in [2.24, 2.45) is 0 Å². The van der Waals surface area contributed by atoms with E-state index in [1.54, 1.807) is 0 Å². The second-order valence-corrected chi connectivity index (χ2v) is 4.56. The van der Waals surface area contributed by atoms with Crippen LogP contribution in [0.3, 0.4) is 0 Å². The third-order valence-electron chi connectivity index (χ3n) is 1.96.